The second kappa shape index (κ2) is 9.49. The molecule has 1 fully saturated rings. The van der Waals surface area contributed by atoms with Crippen LogP contribution in [0.15, 0.2) is 45.7 Å². The number of halogens is 1. The molecule has 2 aromatic rings. The molecule has 0 spiro atoms. The number of aromatic amines is 1. The number of H-pyrrole nitrogens is 1. The molecular weight excluding hydrogens is 466 g/mol. The molecule has 5 rings (SSSR count). The van der Waals surface area contributed by atoms with Gasteiger partial charge in [-0.3, -0.25) is 4.90 Å². The number of amides is 1. The van der Waals surface area contributed by atoms with E-state index in [0.29, 0.717) is 24.0 Å². The second-order valence-electron chi connectivity index (χ2n) is 10.1. The summed E-state index contributed by atoms with van der Waals surface area (Å²) < 4.78 is 11.8. The highest BCUT2D eigenvalue weighted by atomic mass is 35.5. The molecule has 3 aliphatic rings. The molecule has 1 N–H and O–H groups in total. The Morgan fingerprint density at radius 2 is 2.00 bits per heavy atom. The molecule has 0 atom stereocenters. The lowest BCUT2D eigenvalue weighted by molar-refractivity contribution is 0.0584. The highest BCUT2D eigenvalue weighted by Crippen LogP contribution is 2.38. The van der Waals surface area contributed by atoms with Crippen LogP contribution in [0.4, 0.5) is 10.5 Å². The zero-order valence-corrected chi connectivity index (χ0v) is 21.0. The molecule has 35 heavy (non-hydrogen) atoms. The Bertz CT molecular complexity index is 1280. The molecule has 8 nitrogen and oxygen atoms in total. The zero-order valence-electron chi connectivity index (χ0n) is 20.3. The number of pyridine rings is 1. The topological polar surface area (TPSA) is 92.2 Å². The number of nitrogens with one attached hydrogen (secondary N) is 1. The third kappa shape index (κ3) is 4.98. The maximum absolute atomic E-state index is 13.2. The minimum Gasteiger partial charge on any atom is -0.474 e. The summed E-state index contributed by atoms with van der Waals surface area (Å²) in [5.41, 5.74) is 2.15. The van der Waals surface area contributed by atoms with Gasteiger partial charge in [0.1, 0.15) is 11.7 Å². The van der Waals surface area contributed by atoms with E-state index in [1.54, 1.807) is 17.3 Å². The smallest absolute Gasteiger partial charge is 0.415 e. The Hall–Kier alpha value is -3.13. The number of allylic oxidation sites excluding steroid dienone is 1. The van der Waals surface area contributed by atoms with Crippen LogP contribution in [0.25, 0.3) is 11.8 Å². The highest BCUT2D eigenvalue weighted by molar-refractivity contribution is 6.36. The van der Waals surface area contributed by atoms with Gasteiger partial charge < -0.3 is 14.5 Å². The summed E-state index contributed by atoms with van der Waals surface area (Å²) >= 11 is 6.91. The predicted molar refractivity (Wildman–Crippen MR) is 135 cm³/mol. The van der Waals surface area contributed by atoms with E-state index >= 15 is 0 Å². The molecule has 2 aliphatic heterocycles. The first kappa shape index (κ1) is 23.6. The number of ether oxygens (including phenoxy) is 2. The molecule has 1 aliphatic carbocycles. The number of carbonyl (C=O) groups excluding carboxylic acids is 1. The van der Waals surface area contributed by atoms with Crippen LogP contribution in [0.1, 0.15) is 52.0 Å². The van der Waals surface area contributed by atoms with Crippen molar-refractivity contribution in [2.75, 3.05) is 11.4 Å². The molecule has 1 saturated carbocycles. The summed E-state index contributed by atoms with van der Waals surface area (Å²) in [5.74, 6) is 0.889. The lowest BCUT2D eigenvalue weighted by Gasteiger charge is -2.30. The molecule has 0 bridgehead atoms. The van der Waals surface area contributed by atoms with Crippen LogP contribution in [0.3, 0.4) is 0 Å². The average Bonchev–Trinajstić information content (AvgIpc) is 3.12. The van der Waals surface area contributed by atoms with Crippen molar-refractivity contribution in [3.05, 3.63) is 51.8 Å². The fraction of sp³-hybridized carbons (Fsp3) is 0.462. The van der Waals surface area contributed by atoms with Crippen LogP contribution in [-0.4, -0.2) is 34.3 Å². The number of anilines is 1. The second-order valence-corrected chi connectivity index (χ2v) is 10.5. The van der Waals surface area contributed by atoms with E-state index in [1.807, 2.05) is 45.0 Å². The van der Waals surface area contributed by atoms with Gasteiger partial charge in [-0.2, -0.15) is 10.2 Å². The van der Waals surface area contributed by atoms with Gasteiger partial charge in [0.2, 0.25) is 5.88 Å². The molecule has 1 amide bonds. The van der Waals surface area contributed by atoms with Crippen molar-refractivity contribution < 1.29 is 14.3 Å². The number of nitrogens with zero attached hydrogens (tertiary/aromatic N) is 4. The Morgan fingerprint density at radius 1 is 1.20 bits per heavy atom. The lowest BCUT2D eigenvalue weighted by atomic mass is 9.81. The quantitative estimate of drug-likeness (QED) is 0.663. The zero-order chi connectivity index (χ0) is 24.6. The van der Waals surface area contributed by atoms with E-state index in [4.69, 9.17) is 21.1 Å². The maximum atomic E-state index is 13.2. The molecule has 0 unspecified atom stereocenters. The van der Waals surface area contributed by atoms with Crippen molar-refractivity contribution in [3.8, 4) is 5.88 Å². The third-order valence-electron chi connectivity index (χ3n) is 6.48. The summed E-state index contributed by atoms with van der Waals surface area (Å²) in [6.45, 7) is 6.31. The fourth-order valence-corrected chi connectivity index (χ4v) is 5.27. The van der Waals surface area contributed by atoms with E-state index in [-0.39, 0.29) is 12.0 Å². The third-order valence-corrected chi connectivity index (χ3v) is 6.83. The molecular formula is C26H30ClN5O3. The minimum atomic E-state index is -0.613. The largest absolute Gasteiger partial charge is 0.474 e. The van der Waals surface area contributed by atoms with Crippen LogP contribution in [0.2, 0.25) is 0 Å². The van der Waals surface area contributed by atoms with Gasteiger partial charge >= 0.3 is 6.09 Å². The van der Waals surface area contributed by atoms with E-state index in [9.17, 15) is 4.79 Å². The van der Waals surface area contributed by atoms with E-state index < -0.39 is 11.7 Å². The van der Waals surface area contributed by atoms with E-state index in [2.05, 4.69) is 20.2 Å². The van der Waals surface area contributed by atoms with Crippen LogP contribution >= 0.6 is 11.6 Å². The number of fused-ring (bicyclic) bond motifs is 3. The number of hydrogen-bond donors (Lipinski definition) is 1. The van der Waals surface area contributed by atoms with Gasteiger partial charge in [-0.05, 0) is 70.1 Å². The molecule has 0 radical (unpaired) electrons. The number of rotatable bonds is 3. The first-order valence-electron chi connectivity index (χ1n) is 12.1. The maximum Gasteiger partial charge on any atom is 0.415 e. The highest BCUT2D eigenvalue weighted by Gasteiger charge is 2.33. The van der Waals surface area contributed by atoms with E-state index in [1.165, 1.54) is 0 Å². The van der Waals surface area contributed by atoms with Crippen molar-refractivity contribution in [3.63, 3.8) is 0 Å². The Morgan fingerprint density at radius 3 is 2.71 bits per heavy atom. The first-order valence-corrected chi connectivity index (χ1v) is 12.4. The van der Waals surface area contributed by atoms with Gasteiger partial charge in [-0.1, -0.05) is 17.7 Å². The first-order chi connectivity index (χ1) is 16.8. The van der Waals surface area contributed by atoms with Crippen molar-refractivity contribution in [2.45, 2.75) is 64.7 Å². The summed E-state index contributed by atoms with van der Waals surface area (Å²) in [6, 6.07) is 5.70. The van der Waals surface area contributed by atoms with Gasteiger partial charge in [0, 0.05) is 29.4 Å². The molecule has 0 saturated heterocycles. The average molecular weight is 496 g/mol. The predicted octanol–water partition coefficient (Wildman–Crippen LogP) is 4.78. The van der Waals surface area contributed by atoms with Gasteiger partial charge in [0.15, 0.2) is 0 Å². The molecule has 2 aromatic heterocycles. The van der Waals surface area contributed by atoms with Gasteiger partial charge in [-0.25, -0.2) is 9.78 Å². The number of azo groups is 1. The SMILES string of the molecule is CC(C)(C)OC(=O)N1CC=C(Cl)C([C@H]2CC[C@H](Oc3ccccn3)CC2)=c2[nH]c3c(c21)CN=NC=3. The summed E-state index contributed by atoms with van der Waals surface area (Å²) in [7, 11) is 0. The van der Waals surface area contributed by atoms with E-state index in [0.717, 1.165) is 53.2 Å². The van der Waals surface area contributed by atoms with Gasteiger partial charge in [0.25, 0.3) is 0 Å². The monoisotopic (exact) mass is 495 g/mol. The standard InChI is InChI=1S/C26H30ClN5O3/c1-26(2,3)35-25(33)32-13-11-19(27)22(23-24(32)18-14-29-30-15-20(18)31-23)16-7-9-17(10-8-16)34-21-6-4-5-12-28-21/h4-6,11-12,15-17,31H,7-10,13-14H2,1-3H3/t16-,17-. The summed E-state index contributed by atoms with van der Waals surface area (Å²) in [4.78, 5) is 22.7. The number of carbonyl (C=O) groups is 1. The van der Waals surface area contributed by atoms with Crippen molar-refractivity contribution in [1.82, 2.24) is 9.97 Å². The fourth-order valence-electron chi connectivity index (χ4n) is 4.95. The minimum absolute atomic E-state index is 0.121. The molecule has 4 heterocycles. The van der Waals surface area contributed by atoms with Crippen LogP contribution < -0.4 is 20.3 Å². The Balaban J connectivity index is 1.50. The molecule has 9 heteroatoms. The number of hydrogen-bond acceptors (Lipinski definition) is 6. The summed E-state index contributed by atoms with van der Waals surface area (Å²) in [6.07, 6.45) is 8.71. The Labute approximate surface area is 209 Å². The van der Waals surface area contributed by atoms with Crippen molar-refractivity contribution in [1.29, 1.82) is 0 Å². The summed E-state index contributed by atoms with van der Waals surface area (Å²) in [5, 5.41) is 10.6. The lowest BCUT2D eigenvalue weighted by Crippen LogP contribution is -2.39. The van der Waals surface area contributed by atoms with Crippen LogP contribution in [0.5, 0.6) is 5.88 Å². The normalized spacial score (nSPS) is 21.9. The van der Waals surface area contributed by atoms with Crippen LogP contribution in [0, 0.1) is 5.92 Å². The van der Waals surface area contributed by atoms with Crippen LogP contribution in [-0.2, 0) is 11.3 Å². The number of aromatic nitrogens is 2. The van der Waals surface area contributed by atoms with Gasteiger partial charge in [0.05, 0.1) is 29.1 Å². The van der Waals surface area contributed by atoms with Crippen molar-refractivity contribution >= 4 is 35.2 Å². The Kier molecular flexibility index (Phi) is 6.40. The van der Waals surface area contributed by atoms with Gasteiger partial charge in [-0.15, -0.1) is 0 Å². The van der Waals surface area contributed by atoms with Crippen molar-refractivity contribution in [2.24, 2.45) is 16.1 Å². The molecule has 184 valence electrons. The molecule has 0 aromatic carbocycles.